The van der Waals surface area contributed by atoms with Crippen LogP contribution in [0.25, 0.3) is 0 Å². The van der Waals surface area contributed by atoms with E-state index in [9.17, 15) is 0 Å². The fraction of sp³-hybridized carbons (Fsp3) is 0.353. The summed E-state index contributed by atoms with van der Waals surface area (Å²) in [5.74, 6) is 2.00. The lowest BCUT2D eigenvalue weighted by Gasteiger charge is -2.26. The van der Waals surface area contributed by atoms with Gasteiger partial charge in [0, 0.05) is 12.2 Å². The predicted molar refractivity (Wildman–Crippen MR) is 81.3 cm³/mol. The van der Waals surface area contributed by atoms with Crippen LogP contribution in [-0.4, -0.2) is 18.6 Å². The maximum absolute atomic E-state index is 5.34. The van der Waals surface area contributed by atoms with E-state index in [0.717, 1.165) is 23.8 Å². The minimum absolute atomic E-state index is 0.402. The zero-order valence-electron chi connectivity index (χ0n) is 12.0. The van der Waals surface area contributed by atoms with E-state index in [4.69, 9.17) is 4.74 Å². The molecule has 2 aromatic rings. The lowest BCUT2D eigenvalue weighted by Crippen LogP contribution is -2.23. The number of hydrogen-bond acceptors (Lipinski definition) is 3. The fourth-order valence-corrected chi connectivity index (χ4v) is 2.92. The number of methoxy groups -OCH3 is 1. The molecule has 0 bridgehead atoms. The van der Waals surface area contributed by atoms with Gasteiger partial charge in [-0.25, -0.2) is 4.98 Å². The Morgan fingerprint density at radius 1 is 1.20 bits per heavy atom. The number of anilines is 1. The molecule has 1 aliphatic rings. The first-order valence-corrected chi connectivity index (χ1v) is 7.12. The van der Waals surface area contributed by atoms with E-state index >= 15 is 0 Å². The van der Waals surface area contributed by atoms with E-state index < -0.39 is 0 Å². The number of hydrogen-bond donors (Lipinski definition) is 0. The molecule has 0 radical (unpaired) electrons. The van der Waals surface area contributed by atoms with Crippen LogP contribution in [0, 0.1) is 6.92 Å². The Morgan fingerprint density at radius 3 is 2.85 bits per heavy atom. The molecule has 1 saturated heterocycles. The highest BCUT2D eigenvalue weighted by atomic mass is 16.5. The van der Waals surface area contributed by atoms with Crippen LogP contribution in [-0.2, 0) is 0 Å². The molecule has 3 rings (SSSR count). The van der Waals surface area contributed by atoms with Crippen molar-refractivity contribution in [3.8, 4) is 5.75 Å². The standard InChI is InChI=1S/C17H20N2O/c1-13-6-3-10-17(18-13)19-11-5-9-16(19)14-7-4-8-15(12-14)20-2/h3-4,6-8,10,12,16H,5,9,11H2,1-2H3. The maximum atomic E-state index is 5.34. The van der Waals surface area contributed by atoms with Crippen LogP contribution in [0.3, 0.4) is 0 Å². The molecule has 1 aromatic carbocycles. The molecule has 104 valence electrons. The third-order valence-corrected chi connectivity index (χ3v) is 3.90. The van der Waals surface area contributed by atoms with Gasteiger partial charge < -0.3 is 9.64 Å². The zero-order chi connectivity index (χ0) is 13.9. The lowest BCUT2D eigenvalue weighted by atomic mass is 10.0. The van der Waals surface area contributed by atoms with Crippen molar-refractivity contribution in [1.29, 1.82) is 0 Å². The number of pyridine rings is 1. The van der Waals surface area contributed by atoms with Crippen LogP contribution in [0.5, 0.6) is 5.75 Å². The van der Waals surface area contributed by atoms with Gasteiger partial charge in [-0.05, 0) is 49.6 Å². The Kier molecular flexibility index (Phi) is 3.59. The number of benzene rings is 1. The number of rotatable bonds is 3. The Balaban J connectivity index is 1.92. The van der Waals surface area contributed by atoms with Crippen molar-refractivity contribution in [3.63, 3.8) is 0 Å². The zero-order valence-corrected chi connectivity index (χ0v) is 12.0. The number of ether oxygens (including phenoxy) is 1. The highest BCUT2D eigenvalue weighted by molar-refractivity contribution is 5.45. The van der Waals surface area contributed by atoms with Crippen LogP contribution >= 0.6 is 0 Å². The summed E-state index contributed by atoms with van der Waals surface area (Å²) < 4.78 is 5.34. The molecule has 0 N–H and O–H groups in total. The van der Waals surface area contributed by atoms with Gasteiger partial charge in [0.2, 0.25) is 0 Å². The Labute approximate surface area is 120 Å². The van der Waals surface area contributed by atoms with Crippen LogP contribution in [0.1, 0.15) is 30.1 Å². The van der Waals surface area contributed by atoms with Crippen molar-refractivity contribution < 1.29 is 4.74 Å². The van der Waals surface area contributed by atoms with Gasteiger partial charge in [-0.3, -0.25) is 0 Å². The molecule has 0 amide bonds. The highest BCUT2D eigenvalue weighted by Crippen LogP contribution is 2.36. The smallest absolute Gasteiger partial charge is 0.129 e. The van der Waals surface area contributed by atoms with Crippen molar-refractivity contribution in [2.75, 3.05) is 18.6 Å². The third kappa shape index (κ3) is 2.48. The highest BCUT2D eigenvalue weighted by Gasteiger charge is 2.27. The molecule has 0 saturated carbocycles. The van der Waals surface area contributed by atoms with Crippen LogP contribution in [0.2, 0.25) is 0 Å². The van der Waals surface area contributed by atoms with Crippen molar-refractivity contribution in [2.24, 2.45) is 0 Å². The van der Waals surface area contributed by atoms with Crippen LogP contribution in [0.4, 0.5) is 5.82 Å². The molecule has 1 atom stereocenters. The summed E-state index contributed by atoms with van der Waals surface area (Å²) in [6, 6.07) is 15.0. The van der Waals surface area contributed by atoms with Gasteiger partial charge in [-0.15, -0.1) is 0 Å². The summed E-state index contributed by atoms with van der Waals surface area (Å²) in [5.41, 5.74) is 2.38. The quantitative estimate of drug-likeness (QED) is 0.848. The molecular weight excluding hydrogens is 248 g/mol. The molecule has 0 aliphatic carbocycles. The second-order valence-electron chi connectivity index (χ2n) is 5.27. The molecule has 2 heterocycles. The third-order valence-electron chi connectivity index (χ3n) is 3.90. The van der Waals surface area contributed by atoms with E-state index in [0.29, 0.717) is 6.04 Å². The fourth-order valence-electron chi connectivity index (χ4n) is 2.92. The number of aryl methyl sites for hydroxylation is 1. The largest absolute Gasteiger partial charge is 0.497 e. The summed E-state index contributed by atoms with van der Waals surface area (Å²) in [4.78, 5) is 7.07. The second kappa shape index (κ2) is 5.53. The lowest BCUT2D eigenvalue weighted by molar-refractivity contribution is 0.414. The molecule has 3 nitrogen and oxygen atoms in total. The van der Waals surface area contributed by atoms with Gasteiger partial charge in [0.15, 0.2) is 0 Å². The average Bonchev–Trinajstić information content (AvgIpc) is 2.97. The van der Waals surface area contributed by atoms with E-state index in [1.54, 1.807) is 7.11 Å². The molecule has 1 unspecified atom stereocenters. The predicted octanol–water partition coefficient (Wildman–Crippen LogP) is 3.74. The van der Waals surface area contributed by atoms with E-state index in [1.807, 2.05) is 19.1 Å². The SMILES string of the molecule is COc1cccc(C2CCCN2c2cccc(C)n2)c1. The molecular formula is C17H20N2O. The molecule has 0 spiro atoms. The second-order valence-corrected chi connectivity index (χ2v) is 5.27. The maximum Gasteiger partial charge on any atom is 0.129 e. The first-order chi connectivity index (χ1) is 9.78. The summed E-state index contributed by atoms with van der Waals surface area (Å²) >= 11 is 0. The van der Waals surface area contributed by atoms with Crippen molar-refractivity contribution in [2.45, 2.75) is 25.8 Å². The summed E-state index contributed by atoms with van der Waals surface area (Å²) in [6.45, 7) is 3.11. The van der Waals surface area contributed by atoms with Gasteiger partial charge >= 0.3 is 0 Å². The molecule has 1 aromatic heterocycles. The van der Waals surface area contributed by atoms with Crippen molar-refractivity contribution in [3.05, 3.63) is 53.7 Å². The molecule has 3 heteroatoms. The average molecular weight is 268 g/mol. The van der Waals surface area contributed by atoms with Gasteiger partial charge in [0.05, 0.1) is 13.2 Å². The summed E-state index contributed by atoms with van der Waals surface area (Å²) in [6.07, 6.45) is 2.38. The minimum Gasteiger partial charge on any atom is -0.497 e. The topological polar surface area (TPSA) is 25.4 Å². The monoisotopic (exact) mass is 268 g/mol. The van der Waals surface area contributed by atoms with Crippen LogP contribution in [0.15, 0.2) is 42.5 Å². The molecule has 20 heavy (non-hydrogen) atoms. The van der Waals surface area contributed by atoms with E-state index in [2.05, 4.69) is 40.2 Å². The van der Waals surface area contributed by atoms with Crippen molar-refractivity contribution >= 4 is 5.82 Å². The van der Waals surface area contributed by atoms with Gasteiger partial charge in [-0.2, -0.15) is 0 Å². The first-order valence-electron chi connectivity index (χ1n) is 7.12. The van der Waals surface area contributed by atoms with Crippen LogP contribution < -0.4 is 9.64 Å². The normalized spacial score (nSPS) is 18.3. The summed E-state index contributed by atoms with van der Waals surface area (Å²) in [5, 5.41) is 0. The Morgan fingerprint density at radius 2 is 2.05 bits per heavy atom. The Hall–Kier alpha value is -2.03. The van der Waals surface area contributed by atoms with E-state index in [1.165, 1.54) is 18.4 Å². The van der Waals surface area contributed by atoms with Gasteiger partial charge in [0.25, 0.3) is 0 Å². The minimum atomic E-state index is 0.402. The first kappa shape index (κ1) is 13.0. The van der Waals surface area contributed by atoms with Crippen molar-refractivity contribution in [1.82, 2.24) is 4.98 Å². The summed E-state index contributed by atoms with van der Waals surface area (Å²) in [7, 11) is 1.72. The Bertz CT molecular complexity index is 597. The molecule has 1 fully saturated rings. The van der Waals surface area contributed by atoms with E-state index in [-0.39, 0.29) is 0 Å². The molecule has 1 aliphatic heterocycles. The number of nitrogens with zero attached hydrogens (tertiary/aromatic N) is 2. The van der Waals surface area contributed by atoms with Gasteiger partial charge in [-0.1, -0.05) is 18.2 Å². The van der Waals surface area contributed by atoms with Gasteiger partial charge in [0.1, 0.15) is 11.6 Å². The number of aromatic nitrogens is 1.